The smallest absolute Gasteiger partial charge is 0.246 e. The minimum absolute atomic E-state index is 0.0141. The van der Waals surface area contributed by atoms with Gasteiger partial charge in [-0.3, -0.25) is 4.79 Å². The van der Waals surface area contributed by atoms with Crippen molar-refractivity contribution in [1.29, 1.82) is 0 Å². The Bertz CT molecular complexity index is 1100. The highest BCUT2D eigenvalue weighted by molar-refractivity contribution is 6.30. The van der Waals surface area contributed by atoms with Gasteiger partial charge in [0.15, 0.2) is 0 Å². The number of aryl methyl sites for hydroxylation is 2. The van der Waals surface area contributed by atoms with Gasteiger partial charge in [0, 0.05) is 49.0 Å². The van der Waals surface area contributed by atoms with Crippen LogP contribution in [0.4, 0.5) is 17.3 Å². The molecule has 164 valence electrons. The minimum Gasteiger partial charge on any atom is -0.353 e. The number of hydrogen-bond donors (Lipinski definition) is 1. The number of nitrogens with one attached hydrogen (secondary N) is 1. The van der Waals surface area contributed by atoms with Crippen molar-refractivity contribution in [2.75, 3.05) is 36.4 Å². The van der Waals surface area contributed by atoms with E-state index in [9.17, 15) is 4.79 Å². The Morgan fingerprint density at radius 3 is 2.34 bits per heavy atom. The summed E-state index contributed by atoms with van der Waals surface area (Å²) in [6.45, 7) is 6.70. The highest BCUT2D eigenvalue weighted by Crippen LogP contribution is 2.21. The number of benzene rings is 2. The number of piperazine rings is 1. The summed E-state index contributed by atoms with van der Waals surface area (Å²) in [6.07, 6.45) is 3.44. The first-order valence-electron chi connectivity index (χ1n) is 10.6. The van der Waals surface area contributed by atoms with E-state index in [2.05, 4.69) is 39.2 Å². The number of amides is 1. The minimum atomic E-state index is 0.0141. The van der Waals surface area contributed by atoms with Gasteiger partial charge in [0.2, 0.25) is 5.91 Å². The normalized spacial score (nSPS) is 14.1. The third kappa shape index (κ3) is 5.65. The lowest BCUT2D eigenvalue weighted by atomic mass is 10.2. The van der Waals surface area contributed by atoms with Gasteiger partial charge in [0.25, 0.3) is 0 Å². The van der Waals surface area contributed by atoms with Crippen LogP contribution in [0.25, 0.3) is 6.08 Å². The Kier molecular flexibility index (Phi) is 6.71. The highest BCUT2D eigenvalue weighted by atomic mass is 35.5. The van der Waals surface area contributed by atoms with Crippen LogP contribution in [-0.4, -0.2) is 47.0 Å². The molecule has 0 unspecified atom stereocenters. The SMILES string of the molecule is Cc1ccc(Nc2cc(N3CCN(C(=O)/C=C/c4ccc(Cl)cc4)CC3)nc(C)n2)cc1. The molecular formula is C25H26ClN5O. The molecule has 6 nitrogen and oxygen atoms in total. The highest BCUT2D eigenvalue weighted by Gasteiger charge is 2.21. The van der Waals surface area contributed by atoms with Crippen LogP contribution in [0.1, 0.15) is 17.0 Å². The zero-order chi connectivity index (χ0) is 22.5. The maximum Gasteiger partial charge on any atom is 0.246 e. The number of halogens is 1. The fourth-order valence-corrected chi connectivity index (χ4v) is 3.69. The first-order valence-corrected chi connectivity index (χ1v) is 11.0. The van der Waals surface area contributed by atoms with Gasteiger partial charge in [0.05, 0.1) is 0 Å². The molecule has 1 fully saturated rings. The van der Waals surface area contributed by atoms with E-state index in [1.54, 1.807) is 6.08 Å². The predicted octanol–water partition coefficient (Wildman–Crippen LogP) is 4.85. The molecule has 0 atom stereocenters. The van der Waals surface area contributed by atoms with Gasteiger partial charge in [-0.1, -0.05) is 41.4 Å². The Balaban J connectivity index is 1.37. The van der Waals surface area contributed by atoms with Gasteiger partial charge < -0.3 is 15.1 Å². The van der Waals surface area contributed by atoms with Crippen molar-refractivity contribution in [1.82, 2.24) is 14.9 Å². The van der Waals surface area contributed by atoms with Crippen molar-refractivity contribution in [2.45, 2.75) is 13.8 Å². The first kappa shape index (κ1) is 21.8. The Morgan fingerprint density at radius 1 is 0.969 bits per heavy atom. The third-order valence-corrected chi connectivity index (χ3v) is 5.60. The van der Waals surface area contributed by atoms with Gasteiger partial charge in [-0.25, -0.2) is 9.97 Å². The predicted molar refractivity (Wildman–Crippen MR) is 131 cm³/mol. The number of carbonyl (C=O) groups excluding carboxylic acids is 1. The van der Waals surface area contributed by atoms with E-state index in [1.807, 2.05) is 60.4 Å². The molecule has 1 saturated heterocycles. The van der Waals surface area contributed by atoms with Crippen LogP contribution in [0.5, 0.6) is 0 Å². The van der Waals surface area contributed by atoms with Crippen LogP contribution in [-0.2, 0) is 4.79 Å². The van der Waals surface area contributed by atoms with Crippen molar-refractivity contribution in [3.8, 4) is 0 Å². The molecule has 1 N–H and O–H groups in total. The second-order valence-electron chi connectivity index (χ2n) is 7.85. The molecule has 2 aromatic carbocycles. The monoisotopic (exact) mass is 447 g/mol. The number of nitrogens with zero attached hydrogens (tertiary/aromatic N) is 4. The van der Waals surface area contributed by atoms with E-state index in [4.69, 9.17) is 11.6 Å². The van der Waals surface area contributed by atoms with Gasteiger partial charge in [0.1, 0.15) is 17.5 Å². The second kappa shape index (κ2) is 9.83. The average Bonchev–Trinajstić information content (AvgIpc) is 2.80. The van der Waals surface area contributed by atoms with Gasteiger partial charge in [-0.05, 0) is 49.8 Å². The molecular weight excluding hydrogens is 422 g/mol. The third-order valence-electron chi connectivity index (χ3n) is 5.35. The summed E-state index contributed by atoms with van der Waals surface area (Å²) < 4.78 is 0. The number of anilines is 3. The van der Waals surface area contributed by atoms with Gasteiger partial charge >= 0.3 is 0 Å². The van der Waals surface area contributed by atoms with Crippen molar-refractivity contribution >= 4 is 40.9 Å². The van der Waals surface area contributed by atoms with E-state index < -0.39 is 0 Å². The number of hydrogen-bond acceptors (Lipinski definition) is 5. The summed E-state index contributed by atoms with van der Waals surface area (Å²) in [6, 6.07) is 17.6. The van der Waals surface area contributed by atoms with Crippen molar-refractivity contribution in [3.05, 3.63) is 82.6 Å². The maximum absolute atomic E-state index is 12.6. The molecule has 0 radical (unpaired) electrons. The summed E-state index contributed by atoms with van der Waals surface area (Å²) in [7, 11) is 0. The van der Waals surface area contributed by atoms with E-state index in [0.29, 0.717) is 23.9 Å². The maximum atomic E-state index is 12.6. The molecule has 1 aromatic heterocycles. The topological polar surface area (TPSA) is 61.4 Å². The van der Waals surface area contributed by atoms with Gasteiger partial charge in [-0.2, -0.15) is 0 Å². The van der Waals surface area contributed by atoms with Crippen LogP contribution in [0.3, 0.4) is 0 Å². The first-order chi connectivity index (χ1) is 15.5. The summed E-state index contributed by atoms with van der Waals surface area (Å²) >= 11 is 5.91. The van der Waals surface area contributed by atoms with Crippen molar-refractivity contribution < 1.29 is 4.79 Å². The van der Waals surface area contributed by atoms with Crippen LogP contribution in [0.15, 0.2) is 60.7 Å². The van der Waals surface area contributed by atoms with Crippen LogP contribution in [0, 0.1) is 13.8 Å². The average molecular weight is 448 g/mol. The second-order valence-corrected chi connectivity index (χ2v) is 8.28. The molecule has 0 spiro atoms. The molecule has 0 saturated carbocycles. The molecule has 1 aliphatic heterocycles. The number of aromatic nitrogens is 2. The summed E-state index contributed by atoms with van der Waals surface area (Å²) in [5.74, 6) is 2.36. The molecule has 0 bridgehead atoms. The lowest BCUT2D eigenvalue weighted by Gasteiger charge is -2.35. The number of rotatable bonds is 5. The summed E-state index contributed by atoms with van der Waals surface area (Å²) in [5.41, 5.74) is 3.15. The zero-order valence-electron chi connectivity index (χ0n) is 18.3. The quantitative estimate of drug-likeness (QED) is 0.566. The molecule has 7 heteroatoms. The van der Waals surface area contributed by atoms with Crippen LogP contribution < -0.4 is 10.2 Å². The van der Waals surface area contributed by atoms with Crippen molar-refractivity contribution in [2.24, 2.45) is 0 Å². The molecule has 1 aliphatic rings. The van der Waals surface area contributed by atoms with E-state index in [0.717, 1.165) is 36.0 Å². The van der Waals surface area contributed by atoms with Crippen LogP contribution in [0.2, 0.25) is 5.02 Å². The Hall–Kier alpha value is -3.38. The Labute approximate surface area is 193 Å². The molecule has 1 amide bonds. The van der Waals surface area contributed by atoms with Gasteiger partial charge in [-0.15, -0.1) is 0 Å². The molecule has 4 rings (SSSR count). The molecule has 2 heterocycles. The lowest BCUT2D eigenvalue weighted by molar-refractivity contribution is -0.126. The summed E-state index contributed by atoms with van der Waals surface area (Å²) in [5, 5.41) is 4.04. The van der Waals surface area contributed by atoms with Crippen LogP contribution >= 0.6 is 11.6 Å². The van der Waals surface area contributed by atoms with E-state index in [-0.39, 0.29) is 5.91 Å². The molecule has 3 aromatic rings. The largest absolute Gasteiger partial charge is 0.353 e. The van der Waals surface area contributed by atoms with E-state index >= 15 is 0 Å². The summed E-state index contributed by atoms with van der Waals surface area (Å²) in [4.78, 5) is 25.8. The number of carbonyl (C=O) groups is 1. The molecule has 32 heavy (non-hydrogen) atoms. The van der Waals surface area contributed by atoms with E-state index in [1.165, 1.54) is 5.56 Å². The van der Waals surface area contributed by atoms with Crippen molar-refractivity contribution in [3.63, 3.8) is 0 Å². The lowest BCUT2D eigenvalue weighted by Crippen LogP contribution is -2.48. The molecule has 0 aliphatic carbocycles. The fraction of sp³-hybridized carbons (Fsp3) is 0.240. The zero-order valence-corrected chi connectivity index (χ0v) is 19.0. The fourth-order valence-electron chi connectivity index (χ4n) is 3.57. The Morgan fingerprint density at radius 2 is 1.66 bits per heavy atom. The standard InChI is InChI=1S/C25H26ClN5O/c1-18-3-10-22(11-4-18)29-23-17-24(28-19(2)27-23)30-13-15-31(16-14-30)25(32)12-7-20-5-8-21(26)9-6-20/h3-12,17H,13-16H2,1-2H3,(H,27,28,29)/b12-7+.